The van der Waals surface area contributed by atoms with Gasteiger partial charge in [0.25, 0.3) is 5.91 Å². The van der Waals surface area contributed by atoms with Crippen molar-refractivity contribution in [2.45, 2.75) is 35.7 Å². The van der Waals surface area contributed by atoms with Gasteiger partial charge in [-0.2, -0.15) is 13.2 Å². The largest absolute Gasteiger partial charge is 0.483 e. The molecule has 2 N–H and O–H groups in total. The normalized spacial score (nSPS) is 27.1. The minimum absolute atomic E-state index is 0.0769. The first-order valence-electron chi connectivity index (χ1n) is 15.5. The second kappa shape index (κ2) is 11.4. The molecule has 1 saturated heterocycles. The van der Waals surface area contributed by atoms with Gasteiger partial charge in [0.05, 0.1) is 28.1 Å². The van der Waals surface area contributed by atoms with E-state index in [0.717, 1.165) is 44.4 Å². The van der Waals surface area contributed by atoms with Gasteiger partial charge in [-0.25, -0.2) is 0 Å². The van der Waals surface area contributed by atoms with Crippen LogP contribution >= 0.6 is 23.1 Å². The van der Waals surface area contributed by atoms with Crippen LogP contribution in [0.2, 0.25) is 0 Å². The first kappa shape index (κ1) is 30.9. The van der Waals surface area contributed by atoms with Crippen LogP contribution in [0.25, 0.3) is 0 Å². The molecule has 3 heterocycles. The number of ether oxygens (including phenoxy) is 1. The van der Waals surface area contributed by atoms with Crippen LogP contribution in [-0.2, 0) is 20.6 Å². The highest BCUT2D eigenvalue weighted by Crippen LogP contribution is 2.69. The van der Waals surface area contributed by atoms with E-state index in [1.54, 1.807) is 12.1 Å². The SMILES string of the molecule is Cc1ccc(NC(=O)COc2ccccc2[C@H]2c3sc(=O)[nH]c3SC3C2[C@H]2C[C@@H]3C3C(=O)N(c4cccc(C(F)(F)F)c4)C(=O)C32)cc1. The van der Waals surface area contributed by atoms with Crippen LogP contribution in [-0.4, -0.2) is 34.6 Å². The highest BCUT2D eigenvalue weighted by molar-refractivity contribution is 8.00. The fraction of sp³-hybridized carbons (Fsp3) is 0.314. The van der Waals surface area contributed by atoms with Gasteiger partial charge in [0.2, 0.25) is 11.8 Å². The molecule has 8 rings (SSSR count). The van der Waals surface area contributed by atoms with Crippen molar-refractivity contribution in [1.29, 1.82) is 0 Å². The highest BCUT2D eigenvalue weighted by Gasteiger charge is 2.70. The molecule has 246 valence electrons. The Morgan fingerprint density at radius 3 is 2.46 bits per heavy atom. The number of hydrogen-bond donors (Lipinski definition) is 2. The van der Waals surface area contributed by atoms with E-state index in [0.29, 0.717) is 22.9 Å². The Labute approximate surface area is 280 Å². The molecule has 2 bridgehead atoms. The van der Waals surface area contributed by atoms with Gasteiger partial charge in [-0.05, 0) is 67.5 Å². The number of nitrogens with zero attached hydrogens (tertiary/aromatic N) is 1. The molecule has 2 saturated carbocycles. The lowest BCUT2D eigenvalue weighted by molar-refractivity contribution is -0.137. The summed E-state index contributed by atoms with van der Waals surface area (Å²) in [6.45, 7) is 1.70. The molecule has 48 heavy (non-hydrogen) atoms. The minimum atomic E-state index is -4.62. The number of benzene rings is 3. The summed E-state index contributed by atoms with van der Waals surface area (Å²) in [7, 11) is 0. The zero-order valence-electron chi connectivity index (χ0n) is 25.3. The van der Waals surface area contributed by atoms with Gasteiger partial charge in [0, 0.05) is 27.3 Å². The third-order valence-corrected chi connectivity index (χ3v) is 12.7. The number of carbonyl (C=O) groups is 3. The average molecular weight is 692 g/mol. The van der Waals surface area contributed by atoms with E-state index in [4.69, 9.17) is 4.74 Å². The maximum absolute atomic E-state index is 14.0. The number of amides is 3. The van der Waals surface area contributed by atoms with Crippen molar-refractivity contribution in [2.75, 3.05) is 16.8 Å². The molecule has 3 amide bonds. The molecule has 8 nitrogen and oxygen atoms in total. The Kier molecular flexibility index (Phi) is 7.33. The lowest BCUT2D eigenvalue weighted by Crippen LogP contribution is -2.42. The van der Waals surface area contributed by atoms with E-state index in [9.17, 15) is 32.3 Å². The van der Waals surface area contributed by atoms with Gasteiger partial charge in [-0.3, -0.25) is 24.1 Å². The van der Waals surface area contributed by atoms with Gasteiger partial charge in [0.1, 0.15) is 5.75 Å². The number of alkyl halides is 3. The number of H-pyrrole nitrogens is 1. The summed E-state index contributed by atoms with van der Waals surface area (Å²) in [5.41, 5.74) is 1.47. The maximum atomic E-state index is 14.0. The Morgan fingerprint density at radius 2 is 1.71 bits per heavy atom. The smallest absolute Gasteiger partial charge is 0.416 e. The van der Waals surface area contributed by atoms with Crippen LogP contribution in [0.15, 0.2) is 82.6 Å². The van der Waals surface area contributed by atoms with Crippen molar-refractivity contribution in [2.24, 2.45) is 29.6 Å². The van der Waals surface area contributed by atoms with Gasteiger partial charge >= 0.3 is 11.0 Å². The van der Waals surface area contributed by atoms with Crippen LogP contribution in [0.4, 0.5) is 24.5 Å². The van der Waals surface area contributed by atoms with Crippen molar-refractivity contribution in [3.8, 4) is 5.75 Å². The number of anilines is 2. The molecule has 13 heteroatoms. The Hall–Kier alpha value is -4.36. The third kappa shape index (κ3) is 4.97. The van der Waals surface area contributed by atoms with E-state index in [2.05, 4.69) is 10.3 Å². The van der Waals surface area contributed by atoms with Crippen LogP contribution in [0.1, 0.15) is 33.9 Å². The van der Waals surface area contributed by atoms with Crippen molar-refractivity contribution in [3.63, 3.8) is 0 Å². The van der Waals surface area contributed by atoms with E-state index < -0.39 is 35.4 Å². The van der Waals surface area contributed by atoms with Crippen molar-refractivity contribution in [1.82, 2.24) is 4.98 Å². The lowest BCUT2D eigenvalue weighted by atomic mass is 9.68. The molecular formula is C35H28F3N3O5S2. The summed E-state index contributed by atoms with van der Waals surface area (Å²) in [5, 5.41) is 3.41. The minimum Gasteiger partial charge on any atom is -0.483 e. The standard InChI is InChI=1S/C35H28F3N3O5S2/c1-16-9-11-18(12-10-16)39-24(42)15-46-23-8-3-2-7-20(23)25-26-21-14-22(29(26)47-31-30(25)48-34(45)40-31)28-27(21)32(43)41(33(28)44)19-6-4-5-17(13-19)35(36,37)38/h2-13,21-22,25-29H,14-15H2,1H3,(H,39,42)(H,40,45)/t21-,22-,25-,26?,27?,28?,29?/m1/s1. The number of nitrogens with one attached hydrogen (secondary N) is 2. The predicted octanol–water partition coefficient (Wildman–Crippen LogP) is 6.46. The molecule has 3 aromatic carbocycles. The number of carbonyl (C=O) groups excluding carboxylic acids is 3. The predicted molar refractivity (Wildman–Crippen MR) is 174 cm³/mol. The molecule has 2 aliphatic heterocycles. The number of fused-ring (bicyclic) bond motifs is 9. The number of para-hydroxylation sites is 1. The van der Waals surface area contributed by atoms with Crippen LogP contribution in [0.5, 0.6) is 5.75 Å². The molecule has 1 aromatic heterocycles. The van der Waals surface area contributed by atoms with E-state index in [-0.39, 0.29) is 52.0 Å². The summed E-state index contributed by atoms with van der Waals surface area (Å²) in [4.78, 5) is 57.9. The van der Waals surface area contributed by atoms with Gasteiger partial charge in [-0.15, -0.1) is 11.8 Å². The van der Waals surface area contributed by atoms with Crippen LogP contribution < -0.4 is 19.8 Å². The van der Waals surface area contributed by atoms with E-state index in [1.807, 2.05) is 43.3 Å². The summed E-state index contributed by atoms with van der Waals surface area (Å²) in [6.07, 6.45) is -4.01. The fourth-order valence-electron chi connectivity index (χ4n) is 8.29. The Bertz CT molecular complexity index is 2030. The number of aryl methyl sites for hydroxylation is 1. The molecule has 3 fully saturated rings. The van der Waals surface area contributed by atoms with Crippen molar-refractivity contribution < 1.29 is 32.3 Å². The van der Waals surface area contributed by atoms with Gasteiger partial charge in [0.15, 0.2) is 6.61 Å². The quantitative estimate of drug-likeness (QED) is 0.225. The van der Waals surface area contributed by atoms with Crippen LogP contribution in [0, 0.1) is 36.5 Å². The number of halogens is 3. The number of hydrogen-bond acceptors (Lipinski definition) is 7. The monoisotopic (exact) mass is 691 g/mol. The van der Waals surface area contributed by atoms with Gasteiger partial charge < -0.3 is 15.0 Å². The summed E-state index contributed by atoms with van der Waals surface area (Å²) in [6, 6.07) is 19.1. The first-order chi connectivity index (χ1) is 23.0. The molecule has 2 aliphatic carbocycles. The third-order valence-electron chi connectivity index (χ3n) is 10.1. The number of thiazole rings is 1. The van der Waals surface area contributed by atoms with Gasteiger partial charge in [-0.1, -0.05) is 53.3 Å². The van der Waals surface area contributed by atoms with Crippen molar-refractivity contribution >= 4 is 52.2 Å². The summed E-state index contributed by atoms with van der Waals surface area (Å²) >= 11 is 2.61. The van der Waals surface area contributed by atoms with E-state index >= 15 is 0 Å². The number of thioether (sulfide) groups is 1. The Morgan fingerprint density at radius 1 is 0.979 bits per heavy atom. The molecule has 0 spiro atoms. The molecular weight excluding hydrogens is 664 g/mol. The first-order valence-corrected chi connectivity index (χ1v) is 17.2. The molecule has 4 unspecified atom stereocenters. The zero-order chi connectivity index (χ0) is 33.5. The Balaban J connectivity index is 1.12. The average Bonchev–Trinajstić information content (AvgIpc) is 3.79. The zero-order valence-corrected chi connectivity index (χ0v) is 27.0. The summed E-state index contributed by atoms with van der Waals surface area (Å²) < 4.78 is 46.7. The van der Waals surface area contributed by atoms with Crippen molar-refractivity contribution in [3.05, 3.63) is 104 Å². The number of rotatable bonds is 6. The highest BCUT2D eigenvalue weighted by atomic mass is 32.2. The fourth-order valence-corrected chi connectivity index (χ4v) is 11.2. The second-order valence-corrected chi connectivity index (χ2v) is 15.0. The molecule has 7 atom stereocenters. The number of aromatic amines is 1. The number of aromatic nitrogens is 1. The molecule has 4 aliphatic rings. The van der Waals surface area contributed by atoms with Crippen LogP contribution in [0.3, 0.4) is 0 Å². The lowest BCUT2D eigenvalue weighted by Gasteiger charge is -2.43. The molecule has 4 aromatic rings. The maximum Gasteiger partial charge on any atom is 0.416 e. The summed E-state index contributed by atoms with van der Waals surface area (Å²) in [5.74, 6) is -3.17. The topological polar surface area (TPSA) is 109 Å². The van der Waals surface area contributed by atoms with E-state index in [1.165, 1.54) is 23.9 Å². The second-order valence-electron chi connectivity index (χ2n) is 12.8. The molecule has 0 radical (unpaired) electrons. The number of imide groups is 1.